The Bertz CT molecular complexity index is 544. The number of carbonyl (C=O) groups excluding carboxylic acids is 1. The predicted molar refractivity (Wildman–Crippen MR) is 64.5 cm³/mol. The zero-order valence-corrected chi connectivity index (χ0v) is 10.7. The minimum absolute atomic E-state index is 0.576. The molecule has 2 aromatic rings. The molecule has 0 aliphatic rings. The van der Waals surface area contributed by atoms with Crippen molar-refractivity contribution in [1.29, 1.82) is 0 Å². The molecule has 0 fully saturated rings. The third kappa shape index (κ3) is 2.55. The van der Waals surface area contributed by atoms with Crippen LogP contribution in [0.1, 0.15) is 27.4 Å². The van der Waals surface area contributed by atoms with Gasteiger partial charge in [-0.2, -0.15) is 0 Å². The van der Waals surface area contributed by atoms with E-state index in [-0.39, 0.29) is 0 Å². The quantitative estimate of drug-likeness (QED) is 0.781. The summed E-state index contributed by atoms with van der Waals surface area (Å²) in [7, 11) is 0. The van der Waals surface area contributed by atoms with E-state index < -0.39 is 0 Å². The third-order valence-corrected chi connectivity index (χ3v) is 3.35. The first-order valence-electron chi connectivity index (χ1n) is 5.14. The zero-order chi connectivity index (χ0) is 12.4. The van der Waals surface area contributed by atoms with Gasteiger partial charge in [0, 0.05) is 11.8 Å². The van der Waals surface area contributed by atoms with E-state index in [9.17, 15) is 4.79 Å². The molecular weight excluding hydrogens is 236 g/mol. The molecule has 0 radical (unpaired) electrons. The van der Waals surface area contributed by atoms with E-state index in [1.807, 2.05) is 20.8 Å². The van der Waals surface area contributed by atoms with Gasteiger partial charge in [-0.05, 0) is 44.2 Å². The van der Waals surface area contributed by atoms with Crippen LogP contribution in [0.3, 0.4) is 0 Å². The Labute approximate surface area is 103 Å². The lowest BCUT2D eigenvalue weighted by atomic mass is 10.2. The smallest absolute Gasteiger partial charge is 0.262 e. The molecule has 0 saturated heterocycles. The van der Waals surface area contributed by atoms with Gasteiger partial charge in [0.1, 0.15) is 10.8 Å². The monoisotopic (exact) mass is 248 g/mol. The summed E-state index contributed by atoms with van der Waals surface area (Å²) < 4.78 is 5.47. The Hall–Kier alpha value is -1.62. The van der Waals surface area contributed by atoms with Gasteiger partial charge in [-0.15, -0.1) is 0 Å². The highest BCUT2D eigenvalue weighted by atomic mass is 32.2. The van der Waals surface area contributed by atoms with Gasteiger partial charge in [-0.25, -0.2) is 9.97 Å². The lowest BCUT2D eigenvalue weighted by Crippen LogP contribution is -1.89. The first-order chi connectivity index (χ1) is 8.10. The Morgan fingerprint density at radius 2 is 2.12 bits per heavy atom. The second kappa shape index (κ2) is 4.71. The van der Waals surface area contributed by atoms with Crippen molar-refractivity contribution in [3.63, 3.8) is 0 Å². The van der Waals surface area contributed by atoms with Crippen molar-refractivity contribution in [1.82, 2.24) is 9.97 Å². The number of aromatic nitrogens is 2. The molecule has 0 spiro atoms. The van der Waals surface area contributed by atoms with Crippen LogP contribution in [0.15, 0.2) is 26.9 Å². The highest BCUT2D eigenvalue weighted by Crippen LogP contribution is 2.29. The van der Waals surface area contributed by atoms with E-state index in [0.717, 1.165) is 28.3 Å². The standard InChI is InChI=1S/C12H12N2O2S/c1-7-4-10(6-15)5-13-11(7)17-12-14-8(2)9(3)16-12/h4-6H,1-3H3. The minimum atomic E-state index is 0.576. The van der Waals surface area contributed by atoms with Crippen molar-refractivity contribution >= 4 is 18.0 Å². The van der Waals surface area contributed by atoms with Gasteiger partial charge in [0.25, 0.3) is 5.22 Å². The Morgan fingerprint density at radius 1 is 1.35 bits per heavy atom. The van der Waals surface area contributed by atoms with Crippen LogP contribution in [-0.4, -0.2) is 16.3 Å². The molecular formula is C12H12N2O2S. The van der Waals surface area contributed by atoms with E-state index in [1.54, 1.807) is 12.3 Å². The number of carbonyl (C=O) groups is 1. The van der Waals surface area contributed by atoms with Crippen LogP contribution in [-0.2, 0) is 0 Å². The van der Waals surface area contributed by atoms with Gasteiger partial charge < -0.3 is 4.42 Å². The Kier molecular flexibility index (Phi) is 3.28. The normalized spacial score (nSPS) is 10.5. The molecule has 2 aromatic heterocycles. The number of oxazole rings is 1. The topological polar surface area (TPSA) is 56.0 Å². The van der Waals surface area contributed by atoms with Crippen LogP contribution in [0.5, 0.6) is 0 Å². The van der Waals surface area contributed by atoms with Crippen molar-refractivity contribution in [2.75, 3.05) is 0 Å². The highest BCUT2D eigenvalue weighted by molar-refractivity contribution is 7.99. The van der Waals surface area contributed by atoms with E-state index in [4.69, 9.17) is 4.42 Å². The predicted octanol–water partition coefficient (Wildman–Crippen LogP) is 2.96. The minimum Gasteiger partial charge on any atom is -0.436 e. The molecule has 0 amide bonds. The van der Waals surface area contributed by atoms with Gasteiger partial charge in [0.05, 0.1) is 5.69 Å². The number of aryl methyl sites for hydroxylation is 3. The summed E-state index contributed by atoms with van der Waals surface area (Å²) in [4.78, 5) is 19.1. The van der Waals surface area contributed by atoms with E-state index in [2.05, 4.69) is 9.97 Å². The molecule has 0 atom stereocenters. The van der Waals surface area contributed by atoms with Gasteiger partial charge in [0.2, 0.25) is 0 Å². The molecule has 0 unspecified atom stereocenters. The average Bonchev–Trinajstić information content (AvgIpc) is 2.61. The van der Waals surface area contributed by atoms with Crippen LogP contribution in [0.4, 0.5) is 0 Å². The number of pyridine rings is 1. The maximum Gasteiger partial charge on any atom is 0.262 e. The summed E-state index contributed by atoms with van der Waals surface area (Å²) in [5.41, 5.74) is 2.40. The van der Waals surface area contributed by atoms with Gasteiger partial charge in [0.15, 0.2) is 6.29 Å². The molecule has 0 N–H and O–H groups in total. The average molecular weight is 248 g/mol. The molecule has 5 heteroatoms. The van der Waals surface area contributed by atoms with Crippen LogP contribution >= 0.6 is 11.8 Å². The summed E-state index contributed by atoms with van der Waals surface area (Å²) in [6, 6.07) is 1.80. The van der Waals surface area contributed by atoms with Crippen LogP contribution in [0.25, 0.3) is 0 Å². The number of hydrogen-bond acceptors (Lipinski definition) is 5. The first kappa shape index (κ1) is 11.9. The van der Waals surface area contributed by atoms with Gasteiger partial charge in [-0.3, -0.25) is 4.79 Å². The van der Waals surface area contributed by atoms with E-state index in [0.29, 0.717) is 10.8 Å². The molecule has 0 bridgehead atoms. The fraction of sp³-hybridized carbons (Fsp3) is 0.250. The molecule has 0 aliphatic heterocycles. The van der Waals surface area contributed by atoms with Crippen molar-refractivity contribution in [2.45, 2.75) is 31.0 Å². The van der Waals surface area contributed by atoms with Crippen LogP contribution in [0.2, 0.25) is 0 Å². The van der Waals surface area contributed by atoms with Crippen LogP contribution in [0, 0.1) is 20.8 Å². The second-order valence-corrected chi connectivity index (χ2v) is 4.67. The number of nitrogens with zero attached hydrogens (tertiary/aromatic N) is 2. The molecule has 0 aromatic carbocycles. The van der Waals surface area contributed by atoms with Gasteiger partial charge in [-0.1, -0.05) is 0 Å². The molecule has 88 valence electrons. The molecule has 0 aliphatic carbocycles. The van der Waals surface area contributed by atoms with Crippen molar-refractivity contribution in [2.24, 2.45) is 0 Å². The molecule has 17 heavy (non-hydrogen) atoms. The highest BCUT2D eigenvalue weighted by Gasteiger charge is 2.10. The molecule has 4 nitrogen and oxygen atoms in total. The molecule has 2 rings (SSSR count). The summed E-state index contributed by atoms with van der Waals surface area (Å²) in [5.74, 6) is 0.815. The fourth-order valence-electron chi connectivity index (χ4n) is 1.32. The Morgan fingerprint density at radius 3 is 2.65 bits per heavy atom. The van der Waals surface area contributed by atoms with E-state index in [1.165, 1.54) is 11.8 Å². The fourth-order valence-corrected chi connectivity index (χ4v) is 2.16. The largest absolute Gasteiger partial charge is 0.436 e. The summed E-state index contributed by atoms with van der Waals surface area (Å²) in [5, 5.41) is 1.38. The molecule has 0 saturated carbocycles. The SMILES string of the molecule is Cc1cc(C=O)cnc1Sc1nc(C)c(C)o1. The summed E-state index contributed by atoms with van der Waals surface area (Å²) in [6.45, 7) is 5.69. The maximum atomic E-state index is 10.6. The first-order valence-corrected chi connectivity index (χ1v) is 5.95. The number of aldehydes is 1. The van der Waals surface area contributed by atoms with Gasteiger partial charge >= 0.3 is 0 Å². The van der Waals surface area contributed by atoms with Crippen molar-refractivity contribution < 1.29 is 9.21 Å². The van der Waals surface area contributed by atoms with Crippen molar-refractivity contribution in [3.05, 3.63) is 34.8 Å². The number of rotatable bonds is 3. The molecule has 2 heterocycles. The lowest BCUT2D eigenvalue weighted by molar-refractivity contribution is 0.112. The summed E-state index contributed by atoms with van der Waals surface area (Å²) >= 11 is 1.36. The number of hydrogen-bond donors (Lipinski definition) is 0. The Balaban J connectivity index is 2.27. The van der Waals surface area contributed by atoms with E-state index >= 15 is 0 Å². The zero-order valence-electron chi connectivity index (χ0n) is 9.85. The van der Waals surface area contributed by atoms with Crippen molar-refractivity contribution in [3.8, 4) is 0 Å². The van der Waals surface area contributed by atoms with Crippen LogP contribution < -0.4 is 0 Å². The maximum absolute atomic E-state index is 10.6. The lowest BCUT2D eigenvalue weighted by Gasteiger charge is -2.01. The summed E-state index contributed by atoms with van der Waals surface area (Å²) in [6.07, 6.45) is 2.33. The second-order valence-electron chi connectivity index (χ2n) is 3.73. The third-order valence-electron chi connectivity index (χ3n) is 2.38.